The molecule has 4 rings (SSSR count). The van der Waals surface area contributed by atoms with Gasteiger partial charge in [-0.2, -0.15) is 0 Å². The molecular formula is C21H27FN4O4S. The Balaban J connectivity index is 0.000000807. The maximum Gasteiger partial charge on any atom is 0.228 e. The van der Waals surface area contributed by atoms with Crippen LogP contribution in [0.1, 0.15) is 26.7 Å². The number of nitrogens with zero attached hydrogens (tertiary/aromatic N) is 3. The van der Waals surface area contributed by atoms with Gasteiger partial charge < -0.3 is 19.9 Å². The van der Waals surface area contributed by atoms with Gasteiger partial charge in [0.1, 0.15) is 11.6 Å². The van der Waals surface area contributed by atoms with Gasteiger partial charge in [-0.3, -0.25) is 4.79 Å². The van der Waals surface area contributed by atoms with Gasteiger partial charge in [0.25, 0.3) is 0 Å². The number of aliphatic hydroxyl groups excluding tert-OH is 1. The van der Waals surface area contributed by atoms with Crippen LogP contribution in [0.3, 0.4) is 0 Å². The van der Waals surface area contributed by atoms with Crippen molar-refractivity contribution in [3.8, 4) is 22.8 Å². The van der Waals surface area contributed by atoms with Crippen LogP contribution in [0.2, 0.25) is 0 Å². The molecule has 0 saturated heterocycles. The number of anilines is 1. The monoisotopic (exact) mass is 450 g/mol. The molecule has 0 radical (unpaired) electrons. The van der Waals surface area contributed by atoms with E-state index in [-0.39, 0.29) is 24.2 Å². The average Bonchev–Trinajstić information content (AvgIpc) is 3.63. The molecule has 0 spiro atoms. The molecule has 31 heavy (non-hydrogen) atoms. The van der Waals surface area contributed by atoms with Gasteiger partial charge in [-0.25, -0.2) is 13.9 Å². The van der Waals surface area contributed by atoms with Crippen LogP contribution in [0.25, 0.3) is 22.2 Å². The highest BCUT2D eigenvalue weighted by Gasteiger charge is 2.30. The van der Waals surface area contributed by atoms with Crippen molar-refractivity contribution in [2.75, 3.05) is 26.6 Å². The lowest BCUT2D eigenvalue weighted by atomic mass is 10.1. The van der Waals surface area contributed by atoms with Crippen molar-refractivity contribution < 1.29 is 23.3 Å². The highest BCUT2D eigenvalue weighted by molar-refractivity contribution is 7.92. The Kier molecular flexibility index (Phi) is 9.07. The molecule has 0 bridgehead atoms. The molecule has 10 heteroatoms. The van der Waals surface area contributed by atoms with Crippen LogP contribution in [-0.2, 0) is 4.79 Å². The maximum atomic E-state index is 13.6. The van der Waals surface area contributed by atoms with Crippen molar-refractivity contribution in [1.82, 2.24) is 13.9 Å². The van der Waals surface area contributed by atoms with Crippen molar-refractivity contribution in [3.63, 3.8) is 0 Å². The van der Waals surface area contributed by atoms with Crippen molar-refractivity contribution in [3.05, 3.63) is 30.6 Å². The van der Waals surface area contributed by atoms with E-state index >= 15 is 0 Å². The second kappa shape index (κ2) is 11.5. The standard InChI is InChI=1S/C18H17FN4O3S.C2H6.CH4O/c1-25-13-7-8-20-18(26-2)15(13)12-9-23(27-19)16-11(12)5-6-14(21-16)22-17(24)10-3-4-10;2*1-2/h5-10H,3-4H2,1-2H3,(H,21,22,24);1-2H3;2H,1H3. The van der Waals surface area contributed by atoms with E-state index in [1.165, 1.54) is 11.1 Å². The first-order valence-electron chi connectivity index (χ1n) is 9.80. The van der Waals surface area contributed by atoms with E-state index in [2.05, 4.69) is 15.3 Å². The quantitative estimate of drug-likeness (QED) is 0.571. The number of halogens is 1. The number of aromatic nitrogens is 3. The number of carbonyl (C=O) groups excluding carboxylic acids is 1. The molecule has 1 aliphatic carbocycles. The molecule has 168 valence electrons. The molecule has 0 aliphatic heterocycles. The molecule has 0 atom stereocenters. The van der Waals surface area contributed by atoms with Crippen LogP contribution in [0.5, 0.6) is 11.6 Å². The van der Waals surface area contributed by atoms with E-state index < -0.39 is 0 Å². The topological polar surface area (TPSA) is 98.5 Å². The first-order chi connectivity index (χ1) is 15.2. The fourth-order valence-corrected chi connectivity index (χ4v) is 3.32. The molecule has 1 amide bonds. The van der Waals surface area contributed by atoms with Gasteiger partial charge in [0.05, 0.1) is 19.8 Å². The van der Waals surface area contributed by atoms with E-state index in [1.54, 1.807) is 37.7 Å². The summed E-state index contributed by atoms with van der Waals surface area (Å²) in [6.45, 7) is 4.00. The summed E-state index contributed by atoms with van der Waals surface area (Å²) in [7, 11) is 4.06. The minimum atomic E-state index is -0.0521. The summed E-state index contributed by atoms with van der Waals surface area (Å²) < 4.78 is 25.7. The lowest BCUT2D eigenvalue weighted by Crippen LogP contribution is -2.14. The number of rotatable bonds is 6. The van der Waals surface area contributed by atoms with Gasteiger partial charge in [0.2, 0.25) is 11.8 Å². The molecule has 1 fully saturated rings. The maximum absolute atomic E-state index is 13.6. The van der Waals surface area contributed by atoms with Crippen molar-refractivity contribution >= 4 is 35.1 Å². The number of carbonyl (C=O) groups is 1. The van der Waals surface area contributed by atoms with Gasteiger partial charge in [-0.15, -0.1) is 3.89 Å². The minimum absolute atomic E-state index is 0.0264. The predicted molar refractivity (Wildman–Crippen MR) is 121 cm³/mol. The summed E-state index contributed by atoms with van der Waals surface area (Å²) in [5.74, 6) is 1.32. The smallest absolute Gasteiger partial charge is 0.228 e. The zero-order valence-corrected chi connectivity index (χ0v) is 19.0. The normalized spacial score (nSPS) is 12.2. The molecule has 3 aromatic heterocycles. The SMILES string of the molecule is CC.CO.COc1ccnc(OC)c1-c1cn(SF)c2nc(NC(=O)C3CC3)ccc12. The van der Waals surface area contributed by atoms with Crippen LogP contribution < -0.4 is 14.8 Å². The molecule has 0 unspecified atom stereocenters. The van der Waals surface area contributed by atoms with E-state index in [1.807, 2.05) is 13.8 Å². The van der Waals surface area contributed by atoms with Gasteiger partial charge in [-0.05, 0) is 31.0 Å². The Morgan fingerprint density at radius 1 is 1.23 bits per heavy atom. The fourth-order valence-electron chi connectivity index (χ4n) is 2.97. The Bertz CT molecular complexity index is 1000. The van der Waals surface area contributed by atoms with Crippen LogP contribution >= 0.6 is 12.3 Å². The van der Waals surface area contributed by atoms with E-state index in [0.29, 0.717) is 39.6 Å². The zero-order valence-electron chi connectivity index (χ0n) is 18.2. The molecule has 8 nitrogen and oxygen atoms in total. The Morgan fingerprint density at radius 3 is 2.52 bits per heavy atom. The lowest BCUT2D eigenvalue weighted by molar-refractivity contribution is -0.117. The largest absolute Gasteiger partial charge is 0.496 e. The lowest BCUT2D eigenvalue weighted by Gasteiger charge is -2.11. The average molecular weight is 451 g/mol. The third-order valence-corrected chi connectivity index (χ3v) is 4.88. The number of aliphatic hydroxyl groups is 1. The van der Waals surface area contributed by atoms with Gasteiger partial charge in [0, 0.05) is 36.4 Å². The van der Waals surface area contributed by atoms with Crippen molar-refractivity contribution in [2.24, 2.45) is 5.92 Å². The number of ether oxygens (including phenoxy) is 2. The number of nitrogens with one attached hydrogen (secondary N) is 1. The summed E-state index contributed by atoms with van der Waals surface area (Å²) in [4.78, 5) is 20.6. The van der Waals surface area contributed by atoms with E-state index in [9.17, 15) is 8.68 Å². The Labute approximate surface area is 185 Å². The second-order valence-corrected chi connectivity index (χ2v) is 6.70. The summed E-state index contributed by atoms with van der Waals surface area (Å²) in [5, 5.41) is 10.5. The van der Waals surface area contributed by atoms with Crippen LogP contribution in [0.15, 0.2) is 30.6 Å². The zero-order chi connectivity index (χ0) is 23.0. The molecule has 3 aromatic rings. The summed E-state index contributed by atoms with van der Waals surface area (Å²) in [5.41, 5.74) is 1.67. The van der Waals surface area contributed by atoms with Crippen LogP contribution in [-0.4, -0.2) is 46.3 Å². The van der Waals surface area contributed by atoms with Crippen LogP contribution in [0, 0.1) is 5.92 Å². The van der Waals surface area contributed by atoms with E-state index in [4.69, 9.17) is 14.6 Å². The highest BCUT2D eigenvalue weighted by atomic mass is 32.2. The molecule has 0 aromatic carbocycles. The summed E-state index contributed by atoms with van der Waals surface area (Å²) in [6.07, 6.45) is 4.98. The van der Waals surface area contributed by atoms with Crippen LogP contribution in [0.4, 0.5) is 9.70 Å². The summed E-state index contributed by atoms with van der Waals surface area (Å²) in [6, 6.07) is 5.20. The molecule has 3 heterocycles. The minimum Gasteiger partial charge on any atom is -0.496 e. The number of amides is 1. The predicted octanol–water partition coefficient (Wildman–Crippen LogP) is 4.48. The number of methoxy groups -OCH3 is 2. The third kappa shape index (κ3) is 5.26. The van der Waals surface area contributed by atoms with E-state index in [0.717, 1.165) is 20.0 Å². The van der Waals surface area contributed by atoms with Gasteiger partial charge >= 0.3 is 0 Å². The Morgan fingerprint density at radius 2 is 1.94 bits per heavy atom. The fraction of sp³-hybridized carbons (Fsp3) is 0.381. The Hall–Kier alpha value is -2.85. The second-order valence-electron chi connectivity index (χ2n) is 6.17. The number of hydrogen-bond acceptors (Lipinski definition) is 7. The van der Waals surface area contributed by atoms with Crippen molar-refractivity contribution in [2.45, 2.75) is 26.7 Å². The molecule has 1 aliphatic rings. The van der Waals surface area contributed by atoms with Gasteiger partial charge in [0.15, 0.2) is 18.0 Å². The number of hydrogen-bond donors (Lipinski definition) is 2. The first-order valence-corrected chi connectivity index (χ1v) is 10.5. The molecule has 2 N–H and O–H groups in total. The third-order valence-electron chi connectivity index (χ3n) is 4.45. The molecule has 1 saturated carbocycles. The summed E-state index contributed by atoms with van der Waals surface area (Å²) >= 11 is 0.0264. The highest BCUT2D eigenvalue weighted by Crippen LogP contribution is 2.42. The van der Waals surface area contributed by atoms with Gasteiger partial charge in [-0.1, -0.05) is 13.8 Å². The van der Waals surface area contributed by atoms with Crippen molar-refractivity contribution in [1.29, 1.82) is 0 Å². The number of pyridine rings is 2. The number of fused-ring (bicyclic) bond motifs is 1. The molecular weight excluding hydrogens is 423 g/mol. The first kappa shape index (κ1) is 24.4.